The minimum atomic E-state index is -0.601. The van der Waals surface area contributed by atoms with Gasteiger partial charge < -0.3 is 10.4 Å². The zero-order valence-corrected chi connectivity index (χ0v) is 11.9. The van der Waals surface area contributed by atoms with Gasteiger partial charge in [0.05, 0.1) is 5.60 Å². The van der Waals surface area contributed by atoms with Gasteiger partial charge in [-0.2, -0.15) is 0 Å². The smallest absolute Gasteiger partial charge is 0.115 e. The predicted octanol–water partition coefficient (Wildman–Crippen LogP) is 2.58. The fraction of sp³-hybridized carbons (Fsp3) is 0.333. The van der Waals surface area contributed by atoms with Gasteiger partial charge >= 0.3 is 0 Å². The molecule has 1 heterocycles. The fourth-order valence-electron chi connectivity index (χ4n) is 3.31. The molecule has 0 bridgehead atoms. The first-order chi connectivity index (χ1) is 9.64. The highest BCUT2D eigenvalue weighted by Crippen LogP contribution is 2.33. The maximum absolute atomic E-state index is 10.6. The van der Waals surface area contributed by atoms with Gasteiger partial charge in [-0.3, -0.25) is 0 Å². The van der Waals surface area contributed by atoms with Gasteiger partial charge in [-0.15, -0.1) is 0 Å². The van der Waals surface area contributed by atoms with E-state index in [0.29, 0.717) is 12.1 Å². The van der Waals surface area contributed by atoms with Crippen molar-refractivity contribution in [1.82, 2.24) is 0 Å². The van der Waals surface area contributed by atoms with Crippen molar-refractivity contribution in [1.29, 1.82) is 0 Å². The summed E-state index contributed by atoms with van der Waals surface area (Å²) in [7, 11) is 0. The lowest BCUT2D eigenvalue weighted by Gasteiger charge is -2.37. The molecule has 0 saturated carbocycles. The Labute approximate surface area is 120 Å². The van der Waals surface area contributed by atoms with Gasteiger partial charge in [-0.1, -0.05) is 60.7 Å². The van der Waals surface area contributed by atoms with Crippen LogP contribution in [0.5, 0.6) is 0 Å². The molecule has 1 aliphatic rings. The number of piperidine rings is 1. The van der Waals surface area contributed by atoms with Gasteiger partial charge in [0.15, 0.2) is 0 Å². The van der Waals surface area contributed by atoms with Gasteiger partial charge in [0.25, 0.3) is 0 Å². The highest BCUT2D eigenvalue weighted by molar-refractivity contribution is 5.21. The number of hydrogen-bond acceptors (Lipinski definition) is 1. The summed E-state index contributed by atoms with van der Waals surface area (Å²) in [5.41, 5.74) is 2.00. The summed E-state index contributed by atoms with van der Waals surface area (Å²) in [6.45, 7) is 1.96. The monoisotopic (exact) mass is 268 g/mol. The molecule has 0 radical (unpaired) electrons. The van der Waals surface area contributed by atoms with Crippen LogP contribution in [-0.2, 0) is 0 Å². The Morgan fingerprint density at radius 3 is 1.65 bits per heavy atom. The van der Waals surface area contributed by atoms with E-state index in [4.69, 9.17) is 0 Å². The van der Waals surface area contributed by atoms with E-state index in [-0.39, 0.29) is 0 Å². The molecule has 0 aromatic heterocycles. The number of benzene rings is 2. The summed E-state index contributed by atoms with van der Waals surface area (Å²) < 4.78 is 0. The Morgan fingerprint density at radius 2 is 1.25 bits per heavy atom. The van der Waals surface area contributed by atoms with Crippen LogP contribution < -0.4 is 5.32 Å². The number of aliphatic hydroxyl groups is 1. The second-order valence-corrected chi connectivity index (χ2v) is 6.13. The molecule has 0 spiro atoms. The van der Waals surface area contributed by atoms with Crippen molar-refractivity contribution in [2.45, 2.75) is 37.5 Å². The summed E-state index contributed by atoms with van der Waals surface area (Å²) in [6, 6.07) is 21.7. The Bertz CT molecular complexity index is 501. The molecule has 104 valence electrons. The van der Waals surface area contributed by atoms with E-state index < -0.39 is 5.60 Å². The van der Waals surface area contributed by atoms with Crippen LogP contribution in [-0.4, -0.2) is 10.7 Å². The van der Waals surface area contributed by atoms with Crippen molar-refractivity contribution < 1.29 is 10.4 Å². The minimum absolute atomic E-state index is 0.324. The first kappa shape index (κ1) is 13.3. The number of rotatable bonds is 2. The van der Waals surface area contributed by atoms with Crippen molar-refractivity contribution in [3.63, 3.8) is 0 Å². The summed E-state index contributed by atoms with van der Waals surface area (Å²) in [5.74, 6) is 0. The molecule has 0 aliphatic carbocycles. The van der Waals surface area contributed by atoms with Crippen molar-refractivity contribution in [2.24, 2.45) is 0 Å². The molecule has 2 aromatic rings. The van der Waals surface area contributed by atoms with Crippen molar-refractivity contribution in [3.8, 4) is 0 Å². The van der Waals surface area contributed by atoms with Crippen LogP contribution in [0.1, 0.15) is 43.0 Å². The largest absolute Gasteiger partial charge is 0.390 e. The molecule has 1 saturated heterocycles. The number of quaternary nitrogens is 1. The van der Waals surface area contributed by atoms with Crippen LogP contribution >= 0.6 is 0 Å². The highest BCUT2D eigenvalue weighted by Gasteiger charge is 2.39. The molecule has 2 atom stereocenters. The maximum Gasteiger partial charge on any atom is 0.115 e. The summed E-state index contributed by atoms with van der Waals surface area (Å²) in [6.07, 6.45) is 1.61. The quantitative estimate of drug-likeness (QED) is 0.863. The Balaban J connectivity index is 1.87. The van der Waals surface area contributed by atoms with E-state index in [2.05, 4.69) is 53.8 Å². The second kappa shape index (κ2) is 5.39. The molecular formula is C18H22NO+. The first-order valence-electron chi connectivity index (χ1n) is 7.31. The molecule has 2 heteroatoms. The molecule has 2 nitrogen and oxygen atoms in total. The van der Waals surface area contributed by atoms with E-state index in [1.165, 1.54) is 11.1 Å². The summed E-state index contributed by atoms with van der Waals surface area (Å²) in [5, 5.41) is 13.0. The molecule has 2 aromatic carbocycles. The van der Waals surface area contributed by atoms with Gasteiger partial charge in [-0.05, 0) is 6.92 Å². The molecular weight excluding hydrogens is 246 g/mol. The average Bonchev–Trinajstić information content (AvgIpc) is 2.47. The van der Waals surface area contributed by atoms with Crippen molar-refractivity contribution in [3.05, 3.63) is 71.8 Å². The van der Waals surface area contributed by atoms with E-state index in [9.17, 15) is 5.11 Å². The predicted molar refractivity (Wildman–Crippen MR) is 80.1 cm³/mol. The van der Waals surface area contributed by atoms with Crippen LogP contribution in [0.3, 0.4) is 0 Å². The fourth-order valence-corrected chi connectivity index (χ4v) is 3.31. The molecule has 20 heavy (non-hydrogen) atoms. The third kappa shape index (κ3) is 2.92. The number of hydrogen-bond donors (Lipinski definition) is 2. The molecule has 3 rings (SSSR count). The van der Waals surface area contributed by atoms with Gasteiger partial charge in [0.2, 0.25) is 0 Å². The first-order valence-corrected chi connectivity index (χ1v) is 7.31. The third-order valence-electron chi connectivity index (χ3n) is 4.24. The summed E-state index contributed by atoms with van der Waals surface area (Å²) >= 11 is 0. The second-order valence-electron chi connectivity index (χ2n) is 6.13. The van der Waals surface area contributed by atoms with Crippen LogP contribution in [0.15, 0.2) is 60.7 Å². The highest BCUT2D eigenvalue weighted by atomic mass is 16.3. The average molecular weight is 268 g/mol. The van der Waals surface area contributed by atoms with E-state index >= 15 is 0 Å². The topological polar surface area (TPSA) is 36.8 Å². The zero-order chi connectivity index (χ0) is 14.0. The lowest BCUT2D eigenvalue weighted by molar-refractivity contribution is -0.748. The van der Waals surface area contributed by atoms with Gasteiger partial charge in [0, 0.05) is 24.0 Å². The van der Waals surface area contributed by atoms with Crippen molar-refractivity contribution in [2.75, 3.05) is 0 Å². The standard InChI is InChI=1S/C18H21NO/c1-18(20)12-16(14-8-4-2-5-9-14)19-17(13-18)15-10-6-3-7-11-15/h2-11,16-17,19-20H,12-13H2,1H3/p+1/t16-,17-/m0/s1. The van der Waals surface area contributed by atoms with E-state index in [0.717, 1.165) is 12.8 Å². The summed E-state index contributed by atoms with van der Waals surface area (Å²) in [4.78, 5) is 0. The normalized spacial score (nSPS) is 30.1. The molecule has 0 unspecified atom stereocenters. The van der Waals surface area contributed by atoms with Crippen LogP contribution in [0, 0.1) is 0 Å². The van der Waals surface area contributed by atoms with Crippen LogP contribution in [0.25, 0.3) is 0 Å². The molecule has 3 N–H and O–H groups in total. The molecule has 1 fully saturated rings. The Morgan fingerprint density at radius 1 is 0.850 bits per heavy atom. The SMILES string of the molecule is CC1(O)C[C@@H](c2ccccc2)[NH2+][C@H](c2ccccc2)C1. The van der Waals surface area contributed by atoms with Crippen LogP contribution in [0.2, 0.25) is 0 Å². The lowest BCUT2D eigenvalue weighted by Crippen LogP contribution is -2.89. The Hall–Kier alpha value is -1.64. The molecule has 1 aliphatic heterocycles. The lowest BCUT2D eigenvalue weighted by atomic mass is 9.80. The number of nitrogens with two attached hydrogens (primary N) is 1. The van der Waals surface area contributed by atoms with Gasteiger partial charge in [-0.25, -0.2) is 0 Å². The maximum atomic E-state index is 10.6. The van der Waals surface area contributed by atoms with Gasteiger partial charge in [0.1, 0.15) is 12.1 Å². The zero-order valence-electron chi connectivity index (χ0n) is 11.9. The van der Waals surface area contributed by atoms with Crippen molar-refractivity contribution >= 4 is 0 Å². The van der Waals surface area contributed by atoms with E-state index in [1.54, 1.807) is 0 Å². The van der Waals surface area contributed by atoms with Crippen LogP contribution in [0.4, 0.5) is 0 Å². The van der Waals surface area contributed by atoms with E-state index in [1.807, 2.05) is 19.1 Å². The Kier molecular flexibility index (Phi) is 3.60. The molecule has 0 amide bonds. The minimum Gasteiger partial charge on any atom is -0.390 e. The third-order valence-corrected chi connectivity index (χ3v) is 4.24.